The first kappa shape index (κ1) is 23.2. The van der Waals surface area contributed by atoms with Gasteiger partial charge in [-0.1, -0.05) is 25.0 Å². The Kier molecular flexibility index (Phi) is 6.79. The van der Waals surface area contributed by atoms with E-state index in [2.05, 4.69) is 21.3 Å². The van der Waals surface area contributed by atoms with E-state index in [9.17, 15) is 14.4 Å². The molecule has 4 amide bonds. The number of carbonyl (C=O) groups excluding carboxylic acids is 3. The Morgan fingerprint density at radius 3 is 2.26 bits per heavy atom. The summed E-state index contributed by atoms with van der Waals surface area (Å²) in [4.78, 5) is 37.2. The summed E-state index contributed by atoms with van der Waals surface area (Å²) in [6.45, 7) is 0.715. The van der Waals surface area contributed by atoms with Gasteiger partial charge in [-0.2, -0.15) is 0 Å². The van der Waals surface area contributed by atoms with Crippen molar-refractivity contribution in [2.75, 3.05) is 11.9 Å². The summed E-state index contributed by atoms with van der Waals surface area (Å²) in [5, 5.41) is 12.1. The van der Waals surface area contributed by atoms with Crippen molar-refractivity contribution in [1.29, 1.82) is 0 Å². The number of benzene rings is 1. The molecule has 0 aliphatic heterocycles. The molecule has 4 bridgehead atoms. The third-order valence-electron chi connectivity index (χ3n) is 8.46. The Hall–Kier alpha value is -2.57. The van der Waals surface area contributed by atoms with Gasteiger partial charge in [0.2, 0.25) is 11.8 Å². The van der Waals surface area contributed by atoms with Gasteiger partial charge in [0.1, 0.15) is 0 Å². The number of nitrogens with one attached hydrogen (secondary N) is 4. The van der Waals surface area contributed by atoms with Crippen LogP contribution < -0.4 is 21.3 Å². The van der Waals surface area contributed by atoms with E-state index in [0.717, 1.165) is 74.0 Å². The zero-order chi connectivity index (χ0) is 23.5. The molecule has 6 rings (SSSR count). The van der Waals surface area contributed by atoms with Gasteiger partial charge < -0.3 is 21.3 Å². The van der Waals surface area contributed by atoms with Crippen LogP contribution in [-0.2, 0) is 16.1 Å². The van der Waals surface area contributed by atoms with Crippen molar-refractivity contribution in [1.82, 2.24) is 16.0 Å². The lowest BCUT2D eigenvalue weighted by Gasteiger charge is -2.56. The monoisotopic (exact) mass is 466 g/mol. The number of urea groups is 1. The van der Waals surface area contributed by atoms with Gasteiger partial charge in [-0.05, 0) is 86.8 Å². The summed E-state index contributed by atoms with van der Waals surface area (Å²) in [6, 6.07) is 7.47. The third-order valence-corrected chi connectivity index (χ3v) is 8.46. The fourth-order valence-electron chi connectivity index (χ4n) is 7.32. The maximum absolute atomic E-state index is 12.5. The SMILES string of the molecule is O=C(CCNC(=O)NC12CC3CC(CC(C3)C1)C2)NCc1cccc(NC(=O)C2CCCC2)c1. The van der Waals surface area contributed by atoms with Crippen LogP contribution in [-0.4, -0.2) is 29.9 Å². The minimum absolute atomic E-state index is 0.0146. The summed E-state index contributed by atoms with van der Waals surface area (Å²) in [5.41, 5.74) is 1.69. The van der Waals surface area contributed by atoms with E-state index in [1.54, 1.807) is 0 Å². The summed E-state index contributed by atoms with van der Waals surface area (Å²) >= 11 is 0. The predicted octanol–water partition coefficient (Wildman–Crippen LogP) is 4.09. The van der Waals surface area contributed by atoms with Crippen LogP contribution in [0.2, 0.25) is 0 Å². The molecule has 5 aliphatic rings. The van der Waals surface area contributed by atoms with Crippen molar-refractivity contribution in [2.24, 2.45) is 23.7 Å². The van der Waals surface area contributed by atoms with E-state index >= 15 is 0 Å². The van der Waals surface area contributed by atoms with E-state index in [4.69, 9.17) is 0 Å². The topological polar surface area (TPSA) is 99.3 Å². The van der Waals surface area contributed by atoms with Crippen LogP contribution in [0.15, 0.2) is 24.3 Å². The lowest BCUT2D eigenvalue weighted by Crippen LogP contribution is -2.61. The van der Waals surface area contributed by atoms with Gasteiger partial charge in [0, 0.05) is 36.7 Å². The van der Waals surface area contributed by atoms with Crippen LogP contribution in [0.5, 0.6) is 0 Å². The second kappa shape index (κ2) is 9.96. The first-order valence-corrected chi connectivity index (χ1v) is 13.2. The normalized spacial score (nSPS) is 29.6. The van der Waals surface area contributed by atoms with E-state index in [1.165, 1.54) is 19.3 Å². The Morgan fingerprint density at radius 2 is 1.59 bits per heavy atom. The molecule has 5 aliphatic carbocycles. The highest BCUT2D eigenvalue weighted by molar-refractivity contribution is 5.92. The van der Waals surface area contributed by atoms with Crippen molar-refractivity contribution >= 4 is 23.5 Å². The number of rotatable bonds is 8. The Labute approximate surface area is 202 Å². The number of anilines is 1. The molecule has 7 nitrogen and oxygen atoms in total. The van der Waals surface area contributed by atoms with Crippen LogP contribution in [0.25, 0.3) is 0 Å². The van der Waals surface area contributed by atoms with Crippen molar-refractivity contribution in [3.8, 4) is 0 Å². The average molecular weight is 467 g/mol. The Balaban J connectivity index is 1.01. The minimum Gasteiger partial charge on any atom is -0.352 e. The molecule has 0 radical (unpaired) electrons. The largest absolute Gasteiger partial charge is 0.352 e. The highest BCUT2D eigenvalue weighted by atomic mass is 16.2. The maximum Gasteiger partial charge on any atom is 0.315 e. The third kappa shape index (κ3) is 5.56. The van der Waals surface area contributed by atoms with Gasteiger partial charge in [-0.3, -0.25) is 9.59 Å². The van der Waals surface area contributed by atoms with Crippen molar-refractivity contribution in [3.63, 3.8) is 0 Å². The molecule has 5 fully saturated rings. The molecule has 4 N–H and O–H groups in total. The standard InChI is InChI=1S/C27H38N4O3/c32-24(29-17-18-4-3-7-23(13-18)30-25(33)22-5-1-2-6-22)8-9-28-26(34)31-27-14-19-10-20(15-27)12-21(11-19)16-27/h3-4,7,13,19-22H,1-2,5-6,8-12,14-17H2,(H,29,32)(H,30,33)(H2,28,31,34). The molecule has 34 heavy (non-hydrogen) atoms. The quantitative estimate of drug-likeness (QED) is 0.464. The molecule has 0 atom stereocenters. The Morgan fingerprint density at radius 1 is 0.912 bits per heavy atom. The second-order valence-electron chi connectivity index (χ2n) is 11.3. The molecule has 184 valence electrons. The predicted molar refractivity (Wildman–Crippen MR) is 131 cm³/mol. The zero-order valence-electron chi connectivity index (χ0n) is 20.0. The molecule has 7 heteroatoms. The van der Waals surface area contributed by atoms with Crippen LogP contribution in [0, 0.1) is 23.7 Å². The van der Waals surface area contributed by atoms with Gasteiger partial charge in [0.05, 0.1) is 0 Å². The van der Waals surface area contributed by atoms with Crippen LogP contribution in [0.1, 0.15) is 76.2 Å². The molecule has 1 aromatic rings. The maximum atomic E-state index is 12.5. The molecule has 0 heterocycles. The minimum atomic E-state index is -0.138. The first-order valence-electron chi connectivity index (χ1n) is 13.2. The number of hydrogen-bond acceptors (Lipinski definition) is 3. The van der Waals surface area contributed by atoms with Crippen molar-refractivity contribution < 1.29 is 14.4 Å². The molecule has 1 aromatic carbocycles. The molecule has 5 saturated carbocycles. The number of carbonyl (C=O) groups is 3. The van der Waals surface area contributed by atoms with Gasteiger partial charge in [0.25, 0.3) is 0 Å². The fourth-order valence-corrected chi connectivity index (χ4v) is 7.32. The second-order valence-corrected chi connectivity index (χ2v) is 11.3. The smallest absolute Gasteiger partial charge is 0.315 e. The fraction of sp³-hybridized carbons (Fsp3) is 0.667. The van der Waals surface area contributed by atoms with Crippen LogP contribution in [0.3, 0.4) is 0 Å². The van der Waals surface area contributed by atoms with E-state index in [-0.39, 0.29) is 35.7 Å². The van der Waals surface area contributed by atoms with Gasteiger partial charge >= 0.3 is 6.03 Å². The molecule has 0 aromatic heterocycles. The molecular weight excluding hydrogens is 428 g/mol. The highest BCUT2D eigenvalue weighted by Crippen LogP contribution is 2.55. The van der Waals surface area contributed by atoms with Crippen LogP contribution in [0.4, 0.5) is 10.5 Å². The van der Waals surface area contributed by atoms with E-state index < -0.39 is 0 Å². The Bertz CT molecular complexity index is 889. The summed E-state index contributed by atoms with van der Waals surface area (Å²) < 4.78 is 0. The van der Waals surface area contributed by atoms with E-state index in [0.29, 0.717) is 13.1 Å². The van der Waals surface area contributed by atoms with Gasteiger partial charge in [-0.15, -0.1) is 0 Å². The van der Waals surface area contributed by atoms with Crippen molar-refractivity contribution in [3.05, 3.63) is 29.8 Å². The highest BCUT2D eigenvalue weighted by Gasteiger charge is 2.51. The van der Waals surface area contributed by atoms with Crippen molar-refractivity contribution in [2.45, 2.75) is 82.7 Å². The summed E-state index contributed by atoms with van der Waals surface area (Å²) in [6.07, 6.45) is 11.8. The zero-order valence-corrected chi connectivity index (χ0v) is 20.0. The molecule has 0 saturated heterocycles. The lowest BCUT2D eigenvalue weighted by molar-refractivity contribution is -0.121. The average Bonchev–Trinajstić information content (AvgIpc) is 3.32. The van der Waals surface area contributed by atoms with Gasteiger partial charge in [0.15, 0.2) is 0 Å². The van der Waals surface area contributed by atoms with Crippen LogP contribution >= 0.6 is 0 Å². The van der Waals surface area contributed by atoms with Gasteiger partial charge in [-0.25, -0.2) is 4.79 Å². The summed E-state index contributed by atoms with van der Waals surface area (Å²) in [5.74, 6) is 2.47. The molecular formula is C27H38N4O3. The summed E-state index contributed by atoms with van der Waals surface area (Å²) in [7, 11) is 0. The number of hydrogen-bond donors (Lipinski definition) is 4. The van der Waals surface area contributed by atoms with E-state index in [1.807, 2.05) is 24.3 Å². The molecule has 0 unspecified atom stereocenters. The molecule has 0 spiro atoms. The lowest BCUT2D eigenvalue weighted by atomic mass is 9.53. The number of amides is 4. The first-order chi connectivity index (χ1) is 16.5.